The summed E-state index contributed by atoms with van der Waals surface area (Å²) in [5, 5.41) is 4.10. The molecule has 2 aliphatic heterocycles. The fraction of sp³-hybridized carbons (Fsp3) is 0.652. The number of carbonyl (C=O) groups is 2. The third-order valence-electron chi connectivity index (χ3n) is 13.7. The van der Waals surface area contributed by atoms with Gasteiger partial charge in [0.1, 0.15) is 23.0 Å². The van der Waals surface area contributed by atoms with Crippen LogP contribution in [-0.4, -0.2) is 95.2 Å². The number of nitrogens with one attached hydrogen (secondary N) is 1. The molecule has 0 bridgehead atoms. The molecule has 4 fully saturated rings. The monoisotopic (exact) mass is 835 g/mol. The van der Waals surface area contributed by atoms with Crippen molar-refractivity contribution in [1.82, 2.24) is 24.7 Å². The van der Waals surface area contributed by atoms with E-state index in [0.29, 0.717) is 34.1 Å². The summed E-state index contributed by atoms with van der Waals surface area (Å²) in [7, 11) is 1.65. The molecule has 4 aliphatic rings. The number of benzene rings is 2. The van der Waals surface area contributed by atoms with E-state index in [0.717, 1.165) is 113 Å². The number of rotatable bonds is 8. The minimum atomic E-state index is -4.51. The summed E-state index contributed by atoms with van der Waals surface area (Å²) in [6.07, 6.45) is 5.64. The largest absolute Gasteiger partial charge is 0.496 e. The number of methoxy groups -OCH3 is 1. The molecule has 3 aromatic rings. The third kappa shape index (κ3) is 10.2. The van der Waals surface area contributed by atoms with Crippen LogP contribution in [0.2, 0.25) is 0 Å². The number of ether oxygens (including phenoxy) is 2. The summed E-state index contributed by atoms with van der Waals surface area (Å²) in [6.45, 7) is 15.4. The molecule has 11 nitrogen and oxygen atoms in total. The lowest BCUT2D eigenvalue weighted by Crippen LogP contribution is -2.52. The van der Waals surface area contributed by atoms with Gasteiger partial charge in [-0.3, -0.25) is 9.69 Å². The molecule has 1 aromatic heterocycles. The number of halogens is 3. The van der Waals surface area contributed by atoms with Crippen molar-refractivity contribution in [3.05, 3.63) is 52.8 Å². The number of hydrogen-bond acceptors (Lipinski definition) is 9. The van der Waals surface area contributed by atoms with E-state index in [1.54, 1.807) is 27.0 Å². The first-order valence-electron chi connectivity index (χ1n) is 22.0. The van der Waals surface area contributed by atoms with Gasteiger partial charge in [0.15, 0.2) is 0 Å². The Balaban J connectivity index is 0.903. The summed E-state index contributed by atoms with van der Waals surface area (Å²) >= 11 is 0. The number of piperazine rings is 1. The van der Waals surface area contributed by atoms with E-state index in [1.807, 2.05) is 31.7 Å². The molecule has 2 saturated carbocycles. The Hall–Kier alpha value is -4.33. The highest BCUT2D eigenvalue weighted by atomic mass is 19.4. The zero-order chi connectivity index (χ0) is 43.0. The van der Waals surface area contributed by atoms with Gasteiger partial charge in [-0.25, -0.2) is 14.8 Å². The molecular formula is C46H64F3N7O4. The molecule has 7 rings (SSSR count). The lowest BCUT2D eigenvalue weighted by atomic mass is 9.65. The van der Waals surface area contributed by atoms with Crippen LogP contribution in [0.15, 0.2) is 30.3 Å². The van der Waals surface area contributed by atoms with Crippen molar-refractivity contribution in [2.75, 3.05) is 64.0 Å². The number of nitrogens with two attached hydrogens (primary N) is 1. The number of fused-ring (bicyclic) bond motifs is 1. The van der Waals surface area contributed by atoms with Gasteiger partial charge in [-0.15, -0.1) is 0 Å². The number of alkyl halides is 3. The van der Waals surface area contributed by atoms with Gasteiger partial charge in [0, 0.05) is 68.9 Å². The molecule has 60 heavy (non-hydrogen) atoms. The summed E-state index contributed by atoms with van der Waals surface area (Å²) < 4.78 is 52.3. The van der Waals surface area contributed by atoms with Crippen LogP contribution in [0.5, 0.6) is 5.75 Å². The molecule has 3 N–H and O–H groups in total. The Kier molecular flexibility index (Phi) is 12.8. The number of hydrogen-bond donors (Lipinski definition) is 2. The van der Waals surface area contributed by atoms with Crippen molar-refractivity contribution in [3.8, 4) is 5.75 Å². The minimum absolute atomic E-state index is 0.000482. The van der Waals surface area contributed by atoms with E-state index in [-0.39, 0.29) is 29.5 Å². The molecule has 2 aromatic carbocycles. The quantitative estimate of drug-likeness (QED) is 0.214. The highest BCUT2D eigenvalue weighted by molar-refractivity contribution is 5.91. The Morgan fingerprint density at radius 2 is 1.55 bits per heavy atom. The molecule has 3 heterocycles. The number of aromatic nitrogens is 2. The number of nitrogen functional groups attached to an aromatic ring is 1. The van der Waals surface area contributed by atoms with Crippen LogP contribution >= 0.6 is 0 Å². The highest BCUT2D eigenvalue weighted by Crippen LogP contribution is 2.47. The summed E-state index contributed by atoms with van der Waals surface area (Å²) in [4.78, 5) is 42.3. The fourth-order valence-corrected chi connectivity index (χ4v) is 10.2. The van der Waals surface area contributed by atoms with E-state index in [9.17, 15) is 22.8 Å². The number of nitrogens with zero attached hydrogens (tertiary/aromatic N) is 5. The normalized spacial score (nSPS) is 22.5. The molecule has 2 amide bonds. The number of likely N-dealkylation sites (tertiary alicyclic amines) is 1. The van der Waals surface area contributed by atoms with Crippen LogP contribution in [0.1, 0.15) is 126 Å². The number of piperidine rings is 1. The first-order chi connectivity index (χ1) is 28.4. The second-order valence-corrected chi connectivity index (χ2v) is 19.1. The van der Waals surface area contributed by atoms with E-state index >= 15 is 0 Å². The van der Waals surface area contributed by atoms with Crippen molar-refractivity contribution in [2.24, 2.45) is 17.3 Å². The van der Waals surface area contributed by atoms with Gasteiger partial charge in [0.25, 0.3) is 0 Å². The van der Waals surface area contributed by atoms with Gasteiger partial charge in [0.05, 0.1) is 24.2 Å². The van der Waals surface area contributed by atoms with E-state index < -0.39 is 23.4 Å². The average Bonchev–Trinajstić information content (AvgIpc) is 3.20. The standard InChI is InChI=1S/C46H64F3N7O4/c1-29(34-23-35(46(47,48)49)25-36(50)24-34)51-41-38-26-37(40(59-6)27-39(38)52-30(2)53-41)32-7-9-33(10-8-32)42(57)55-21-19-54(20-22-55)28-31-11-13-45(14-12-31)15-17-56(18-16-45)43(58)60-44(3,4)5/h23-27,29,31-33H,7-22,28,50H2,1-6H3,(H,51,52,53)/t29-,32?,33?/m1/s1. The van der Waals surface area contributed by atoms with Gasteiger partial charge in [-0.05, 0) is 151 Å². The zero-order valence-corrected chi connectivity index (χ0v) is 36.3. The Morgan fingerprint density at radius 3 is 2.17 bits per heavy atom. The van der Waals surface area contributed by atoms with Crippen LogP contribution in [0.4, 0.5) is 29.5 Å². The minimum Gasteiger partial charge on any atom is -0.496 e. The van der Waals surface area contributed by atoms with Gasteiger partial charge in [-0.2, -0.15) is 13.2 Å². The first kappa shape index (κ1) is 43.7. The molecule has 328 valence electrons. The summed E-state index contributed by atoms with van der Waals surface area (Å²) in [5.41, 5.74) is 7.12. The maximum absolute atomic E-state index is 13.8. The van der Waals surface area contributed by atoms with E-state index in [4.69, 9.17) is 15.2 Å². The van der Waals surface area contributed by atoms with Crippen LogP contribution in [0.3, 0.4) is 0 Å². The number of amides is 2. The predicted molar refractivity (Wildman–Crippen MR) is 228 cm³/mol. The Bertz CT molecular complexity index is 2000. The molecule has 1 spiro atoms. The first-order valence-corrected chi connectivity index (χ1v) is 22.0. The van der Waals surface area contributed by atoms with Crippen molar-refractivity contribution in [3.63, 3.8) is 0 Å². The molecule has 0 unspecified atom stereocenters. The molecule has 0 radical (unpaired) electrons. The third-order valence-corrected chi connectivity index (χ3v) is 13.7. The maximum Gasteiger partial charge on any atom is 0.416 e. The maximum atomic E-state index is 13.8. The number of carbonyl (C=O) groups excluding carboxylic acids is 2. The number of aryl methyl sites for hydroxylation is 1. The summed E-state index contributed by atoms with van der Waals surface area (Å²) in [6, 6.07) is 7.05. The van der Waals surface area contributed by atoms with Crippen molar-refractivity contribution in [1.29, 1.82) is 0 Å². The molecule has 14 heteroatoms. The van der Waals surface area contributed by atoms with Crippen LogP contribution in [-0.2, 0) is 15.7 Å². The average molecular weight is 836 g/mol. The molecule has 2 saturated heterocycles. The van der Waals surface area contributed by atoms with Crippen molar-refractivity contribution < 1.29 is 32.2 Å². The smallest absolute Gasteiger partial charge is 0.416 e. The highest BCUT2D eigenvalue weighted by Gasteiger charge is 2.41. The topological polar surface area (TPSA) is 126 Å². The second-order valence-electron chi connectivity index (χ2n) is 19.1. The molecule has 2 aliphatic carbocycles. The SMILES string of the molecule is COc1cc2nc(C)nc(N[C@H](C)c3cc(N)cc(C(F)(F)F)c3)c2cc1C1CCC(C(=O)N2CCN(CC3CCC4(CC3)CCN(C(=O)OC(C)(C)C)CC4)CC2)CC1. The lowest BCUT2D eigenvalue weighted by molar-refractivity contribution is -0.139. The van der Waals surface area contributed by atoms with Crippen molar-refractivity contribution in [2.45, 2.75) is 123 Å². The van der Waals surface area contributed by atoms with Crippen LogP contribution in [0.25, 0.3) is 10.9 Å². The van der Waals surface area contributed by atoms with Crippen LogP contribution < -0.4 is 15.8 Å². The van der Waals surface area contributed by atoms with E-state index in [2.05, 4.69) is 31.2 Å². The Labute approximate surface area is 352 Å². The predicted octanol–water partition coefficient (Wildman–Crippen LogP) is 9.35. The number of anilines is 2. The fourth-order valence-electron chi connectivity index (χ4n) is 10.2. The zero-order valence-electron chi connectivity index (χ0n) is 36.3. The Morgan fingerprint density at radius 1 is 0.883 bits per heavy atom. The van der Waals surface area contributed by atoms with Gasteiger partial charge in [0.2, 0.25) is 5.91 Å². The van der Waals surface area contributed by atoms with Crippen LogP contribution in [0, 0.1) is 24.2 Å². The molecule has 1 atom stereocenters. The second kappa shape index (κ2) is 17.6. The van der Waals surface area contributed by atoms with Crippen molar-refractivity contribution >= 4 is 34.4 Å². The van der Waals surface area contributed by atoms with Gasteiger partial charge < -0.3 is 30.3 Å². The van der Waals surface area contributed by atoms with Gasteiger partial charge in [-0.1, -0.05) is 0 Å². The summed E-state index contributed by atoms with van der Waals surface area (Å²) in [5.74, 6) is 2.91. The van der Waals surface area contributed by atoms with E-state index in [1.165, 1.54) is 25.7 Å². The lowest BCUT2D eigenvalue weighted by Gasteiger charge is -2.47. The van der Waals surface area contributed by atoms with Gasteiger partial charge >= 0.3 is 12.3 Å². The molecular weight excluding hydrogens is 772 g/mol.